The molecule has 0 radical (unpaired) electrons. The summed E-state index contributed by atoms with van der Waals surface area (Å²) >= 11 is 1.70. The summed E-state index contributed by atoms with van der Waals surface area (Å²) in [6.07, 6.45) is 3.93. The van der Waals surface area contributed by atoms with Crippen molar-refractivity contribution in [3.8, 4) is 0 Å². The maximum atomic E-state index is 16.0. The minimum atomic E-state index is -0.994. The molecular weight excluding hydrogens is 565 g/mol. The first-order valence-electron chi connectivity index (χ1n) is 14.4. The highest BCUT2D eigenvalue weighted by Gasteiger charge is 2.43. The molecule has 5 unspecified atom stereocenters. The zero-order valence-corrected chi connectivity index (χ0v) is 24.1. The maximum absolute atomic E-state index is 16.0. The average Bonchev–Trinajstić information content (AvgIpc) is 3.50. The Bertz CT molecular complexity index is 1370. The third kappa shape index (κ3) is 5.42. The first kappa shape index (κ1) is 28.7. The van der Waals surface area contributed by atoms with Gasteiger partial charge in [0.2, 0.25) is 17.7 Å². The number of hydrogen-bond donors (Lipinski definition) is 4. The van der Waals surface area contributed by atoms with Crippen LogP contribution in [0.5, 0.6) is 0 Å². The van der Waals surface area contributed by atoms with Gasteiger partial charge in [0.1, 0.15) is 11.2 Å². The van der Waals surface area contributed by atoms with Gasteiger partial charge in [-0.25, -0.2) is 4.39 Å². The first-order chi connectivity index (χ1) is 20.2. The number of piperidine rings is 1. The number of thioether (sulfide) groups is 1. The summed E-state index contributed by atoms with van der Waals surface area (Å²) in [5.74, 6) is -4.01. The van der Waals surface area contributed by atoms with Crippen LogP contribution in [0.4, 0.5) is 4.39 Å². The van der Waals surface area contributed by atoms with Gasteiger partial charge >= 0.3 is 0 Å². The van der Waals surface area contributed by atoms with E-state index in [1.807, 2.05) is 22.5 Å². The summed E-state index contributed by atoms with van der Waals surface area (Å²) in [5, 5.41) is 17.5. The zero-order valence-electron chi connectivity index (χ0n) is 23.3. The summed E-state index contributed by atoms with van der Waals surface area (Å²) in [5.41, 5.74) is 1.92. The molecule has 2 saturated heterocycles. The molecule has 3 fully saturated rings. The lowest BCUT2D eigenvalue weighted by molar-refractivity contribution is -0.134. The summed E-state index contributed by atoms with van der Waals surface area (Å²) < 4.78 is 16.0. The number of carbonyl (C=O) groups is 5. The molecule has 4 N–H and O–H groups in total. The van der Waals surface area contributed by atoms with Crippen molar-refractivity contribution >= 4 is 46.8 Å². The van der Waals surface area contributed by atoms with E-state index in [1.54, 1.807) is 11.8 Å². The molecule has 0 spiro atoms. The van der Waals surface area contributed by atoms with Crippen LogP contribution < -0.4 is 21.3 Å². The van der Waals surface area contributed by atoms with Gasteiger partial charge in [-0.15, -0.1) is 0 Å². The first-order valence-corrected chi connectivity index (χ1v) is 15.4. The molecule has 5 aliphatic rings. The second-order valence-electron chi connectivity index (χ2n) is 11.6. The van der Waals surface area contributed by atoms with Crippen LogP contribution in [-0.2, 0) is 14.4 Å². The van der Waals surface area contributed by atoms with Crippen LogP contribution in [0.1, 0.15) is 82.3 Å². The summed E-state index contributed by atoms with van der Waals surface area (Å²) in [4.78, 5) is 65.5. The summed E-state index contributed by atoms with van der Waals surface area (Å²) in [6.45, 7) is 1.28. The van der Waals surface area contributed by atoms with E-state index < -0.39 is 41.4 Å². The topological polar surface area (TPSA) is 152 Å². The summed E-state index contributed by atoms with van der Waals surface area (Å²) in [6, 6.07) is 0.382. The van der Waals surface area contributed by atoms with Gasteiger partial charge in [0.05, 0.1) is 35.2 Å². The molecule has 5 atom stereocenters. The molecule has 1 saturated carbocycles. The second kappa shape index (κ2) is 11.7. The molecule has 1 aromatic carbocycles. The van der Waals surface area contributed by atoms with Crippen LogP contribution in [0, 0.1) is 11.7 Å². The van der Waals surface area contributed by atoms with Gasteiger partial charge in [-0.05, 0) is 43.2 Å². The van der Waals surface area contributed by atoms with Gasteiger partial charge in [-0.1, -0.05) is 18.2 Å². The molecule has 4 aliphatic heterocycles. The van der Waals surface area contributed by atoms with Crippen molar-refractivity contribution in [2.75, 3.05) is 33.2 Å². The lowest BCUT2D eigenvalue weighted by atomic mass is 9.80. The van der Waals surface area contributed by atoms with Crippen molar-refractivity contribution in [2.24, 2.45) is 11.0 Å². The number of hydrazone groups is 1. The van der Waals surface area contributed by atoms with Crippen molar-refractivity contribution in [2.45, 2.75) is 61.9 Å². The highest BCUT2D eigenvalue weighted by molar-refractivity contribution is 8.12. The molecule has 12 nitrogen and oxygen atoms in total. The molecular formula is C28H34FN7O5S. The Morgan fingerprint density at radius 3 is 2.74 bits per heavy atom. The van der Waals surface area contributed by atoms with E-state index in [9.17, 15) is 24.0 Å². The van der Waals surface area contributed by atoms with E-state index in [1.165, 1.54) is 0 Å². The number of imide groups is 2. The molecule has 1 aliphatic carbocycles. The van der Waals surface area contributed by atoms with E-state index in [2.05, 4.69) is 26.4 Å². The Morgan fingerprint density at radius 1 is 1.14 bits per heavy atom. The minimum absolute atomic E-state index is 0.00511. The Balaban J connectivity index is 1.25. The van der Waals surface area contributed by atoms with Crippen LogP contribution >= 0.6 is 11.8 Å². The lowest BCUT2D eigenvalue weighted by Gasteiger charge is -2.39. The predicted molar refractivity (Wildman–Crippen MR) is 152 cm³/mol. The van der Waals surface area contributed by atoms with Crippen LogP contribution in [0.25, 0.3) is 0 Å². The monoisotopic (exact) mass is 599 g/mol. The largest absolute Gasteiger partial charge is 0.352 e. The van der Waals surface area contributed by atoms with E-state index in [0.29, 0.717) is 19.0 Å². The van der Waals surface area contributed by atoms with Crippen molar-refractivity contribution in [1.82, 2.24) is 31.2 Å². The van der Waals surface area contributed by atoms with Crippen LogP contribution in [0.15, 0.2) is 11.2 Å². The fourth-order valence-electron chi connectivity index (χ4n) is 7.04. The number of nitrogens with zero attached hydrogens (tertiary/aromatic N) is 3. The summed E-state index contributed by atoms with van der Waals surface area (Å²) in [7, 11) is 1.97. The Morgan fingerprint density at radius 2 is 1.98 bits per heavy atom. The SMILES string of the molecule is CN1N=CSC1C1CCCC(NC(=O)CN2CCNCC2c2c(F)cc3c(c2C2CCC(=O)NC2=O)C(=O)NC3=O)C1. The van der Waals surface area contributed by atoms with Gasteiger partial charge in [0, 0.05) is 44.7 Å². The van der Waals surface area contributed by atoms with Gasteiger partial charge in [0.25, 0.3) is 11.8 Å². The smallest absolute Gasteiger partial charge is 0.259 e. The number of fused-ring (bicyclic) bond motifs is 1. The van der Waals surface area contributed by atoms with Crippen molar-refractivity contribution in [3.63, 3.8) is 0 Å². The molecule has 5 amide bonds. The predicted octanol–water partition coefficient (Wildman–Crippen LogP) is 0.799. The third-order valence-corrected chi connectivity index (χ3v) is 10.1. The molecule has 6 rings (SSSR count). The van der Waals surface area contributed by atoms with E-state index in [0.717, 1.165) is 31.7 Å². The number of nitrogens with one attached hydrogen (secondary N) is 4. The van der Waals surface area contributed by atoms with Crippen molar-refractivity contribution < 1.29 is 28.4 Å². The third-order valence-electron chi connectivity index (χ3n) is 8.96. The maximum Gasteiger partial charge on any atom is 0.259 e. The zero-order chi connectivity index (χ0) is 29.5. The standard InChI is InChI=1S/C28H34FN7O5S/c1-35-28(42-13-31-35)14-3-2-4-15(9-14)32-21(38)12-36-8-7-30-11-19(36)24-18(29)10-17-23(27(41)34-26(17)40)22(24)16-5-6-20(37)33-25(16)39/h10,13-16,19,28,30H,2-9,11-12H2,1H3,(H,32,38)(H,33,37,39)(H,34,40,41). The highest BCUT2D eigenvalue weighted by Crippen LogP contribution is 2.41. The molecule has 1 aromatic rings. The van der Waals surface area contributed by atoms with Gasteiger partial charge < -0.3 is 10.6 Å². The number of carbonyl (C=O) groups excluding carboxylic acids is 5. The van der Waals surface area contributed by atoms with E-state index >= 15 is 4.39 Å². The van der Waals surface area contributed by atoms with Crippen LogP contribution in [-0.4, -0.2) is 89.6 Å². The number of hydrogen-bond acceptors (Lipinski definition) is 10. The molecule has 14 heteroatoms. The molecule has 0 aromatic heterocycles. The van der Waals surface area contributed by atoms with Crippen LogP contribution in [0.3, 0.4) is 0 Å². The molecule has 4 heterocycles. The number of benzene rings is 1. The quantitative estimate of drug-likeness (QED) is 0.348. The minimum Gasteiger partial charge on any atom is -0.352 e. The van der Waals surface area contributed by atoms with Crippen molar-refractivity contribution in [3.05, 3.63) is 34.1 Å². The number of rotatable bonds is 6. The van der Waals surface area contributed by atoms with E-state index in [-0.39, 0.29) is 65.5 Å². The number of piperazine rings is 1. The fourth-order valence-corrected chi connectivity index (χ4v) is 8.07. The Labute approximate surface area is 246 Å². The molecule has 224 valence electrons. The Kier molecular flexibility index (Phi) is 8.03. The van der Waals surface area contributed by atoms with Gasteiger partial charge in [-0.2, -0.15) is 5.10 Å². The molecule has 0 bridgehead atoms. The average molecular weight is 600 g/mol. The van der Waals surface area contributed by atoms with Gasteiger partial charge in [-0.3, -0.25) is 44.5 Å². The van der Waals surface area contributed by atoms with Crippen LogP contribution in [0.2, 0.25) is 0 Å². The molecule has 42 heavy (non-hydrogen) atoms. The van der Waals surface area contributed by atoms with E-state index in [4.69, 9.17) is 0 Å². The lowest BCUT2D eigenvalue weighted by Crippen LogP contribution is -2.52. The Hall–Kier alpha value is -3.36. The second-order valence-corrected chi connectivity index (χ2v) is 12.6. The number of halogens is 1. The fraction of sp³-hybridized carbons (Fsp3) is 0.571. The van der Waals surface area contributed by atoms with Crippen molar-refractivity contribution in [1.29, 1.82) is 0 Å². The number of amides is 5. The van der Waals surface area contributed by atoms with Gasteiger partial charge in [0.15, 0.2) is 0 Å². The normalized spacial score (nSPS) is 29.9. The highest BCUT2D eigenvalue weighted by atomic mass is 32.2.